The summed E-state index contributed by atoms with van der Waals surface area (Å²) in [5.74, 6) is 0.716. The van der Waals surface area contributed by atoms with Crippen LogP contribution in [0.3, 0.4) is 0 Å². The van der Waals surface area contributed by atoms with E-state index in [1.807, 2.05) is 30.3 Å². The number of thioether (sulfide) groups is 1. The third-order valence-corrected chi connectivity index (χ3v) is 5.02. The first-order valence-electron chi connectivity index (χ1n) is 7.03. The molecule has 106 valence electrons. The molecule has 0 radical (unpaired) electrons. The molecule has 0 bridgehead atoms. The highest BCUT2D eigenvalue weighted by Gasteiger charge is 2.51. The quantitative estimate of drug-likeness (QED) is 0.685. The summed E-state index contributed by atoms with van der Waals surface area (Å²) in [6, 6.07) is 9.81. The Bertz CT molecular complexity index is 512. The molecule has 1 saturated carbocycles. The number of amides is 3. The Kier molecular flexibility index (Phi) is 3.70. The van der Waals surface area contributed by atoms with Gasteiger partial charge in [0.15, 0.2) is 0 Å². The minimum Gasteiger partial charge on any atom is -0.323 e. The summed E-state index contributed by atoms with van der Waals surface area (Å²) in [6.45, 7) is 0.478. The van der Waals surface area contributed by atoms with Gasteiger partial charge in [-0.25, -0.2) is 4.79 Å². The first-order valence-corrected chi connectivity index (χ1v) is 8.02. The van der Waals surface area contributed by atoms with Crippen molar-refractivity contribution in [2.75, 3.05) is 12.3 Å². The molecule has 1 spiro atoms. The van der Waals surface area contributed by atoms with Crippen LogP contribution < -0.4 is 5.32 Å². The van der Waals surface area contributed by atoms with Crippen molar-refractivity contribution in [3.8, 4) is 0 Å². The molecule has 1 heterocycles. The van der Waals surface area contributed by atoms with E-state index in [-0.39, 0.29) is 11.9 Å². The van der Waals surface area contributed by atoms with Crippen LogP contribution >= 0.6 is 11.8 Å². The van der Waals surface area contributed by atoms with Crippen molar-refractivity contribution < 1.29 is 9.59 Å². The van der Waals surface area contributed by atoms with Crippen LogP contribution in [0.4, 0.5) is 4.79 Å². The number of carbonyl (C=O) groups is 2. The summed E-state index contributed by atoms with van der Waals surface area (Å²) in [5, 5.41) is 2.91. The summed E-state index contributed by atoms with van der Waals surface area (Å²) in [6.07, 6.45) is 3.64. The van der Waals surface area contributed by atoms with Gasteiger partial charge in [-0.2, -0.15) is 0 Å². The lowest BCUT2D eigenvalue weighted by atomic mass is 9.98. The Morgan fingerprint density at radius 1 is 1.15 bits per heavy atom. The minimum absolute atomic E-state index is 0.0198. The van der Waals surface area contributed by atoms with Gasteiger partial charge in [-0.3, -0.25) is 9.69 Å². The molecule has 0 aromatic heterocycles. The van der Waals surface area contributed by atoms with E-state index in [4.69, 9.17) is 0 Å². The first-order chi connectivity index (χ1) is 9.71. The lowest BCUT2D eigenvalue weighted by Crippen LogP contribution is -2.44. The van der Waals surface area contributed by atoms with Gasteiger partial charge >= 0.3 is 6.03 Å². The average Bonchev–Trinajstić information content (AvgIpc) is 3.01. The Labute approximate surface area is 122 Å². The molecule has 4 nitrogen and oxygen atoms in total. The number of urea groups is 1. The zero-order chi connectivity index (χ0) is 14.0. The Morgan fingerprint density at radius 2 is 1.85 bits per heavy atom. The lowest BCUT2D eigenvalue weighted by molar-refractivity contribution is -0.130. The number of benzene rings is 1. The van der Waals surface area contributed by atoms with Gasteiger partial charge < -0.3 is 5.32 Å². The van der Waals surface area contributed by atoms with Gasteiger partial charge in [0.25, 0.3) is 5.91 Å². The Morgan fingerprint density at radius 3 is 2.55 bits per heavy atom. The van der Waals surface area contributed by atoms with Crippen LogP contribution in [0.1, 0.15) is 25.7 Å². The van der Waals surface area contributed by atoms with E-state index in [1.165, 1.54) is 4.90 Å². The Hall–Kier alpha value is -1.49. The summed E-state index contributed by atoms with van der Waals surface area (Å²) >= 11 is 1.67. The van der Waals surface area contributed by atoms with Crippen molar-refractivity contribution >= 4 is 23.7 Å². The molecule has 2 aliphatic rings. The fourth-order valence-electron chi connectivity index (χ4n) is 2.97. The van der Waals surface area contributed by atoms with E-state index in [0.717, 1.165) is 36.3 Å². The number of rotatable bonds is 4. The zero-order valence-electron chi connectivity index (χ0n) is 11.3. The van der Waals surface area contributed by atoms with Gasteiger partial charge in [0.05, 0.1) is 0 Å². The number of imide groups is 1. The van der Waals surface area contributed by atoms with Crippen LogP contribution in [0, 0.1) is 0 Å². The summed E-state index contributed by atoms with van der Waals surface area (Å²) in [4.78, 5) is 26.9. The highest BCUT2D eigenvalue weighted by atomic mass is 32.2. The maximum absolute atomic E-state index is 12.4. The molecular weight excluding hydrogens is 272 g/mol. The molecule has 2 fully saturated rings. The van der Waals surface area contributed by atoms with E-state index in [1.54, 1.807) is 11.8 Å². The molecule has 1 aromatic carbocycles. The van der Waals surface area contributed by atoms with Crippen molar-refractivity contribution in [2.24, 2.45) is 0 Å². The molecule has 5 heteroatoms. The van der Waals surface area contributed by atoms with Crippen molar-refractivity contribution in [3.05, 3.63) is 30.3 Å². The predicted molar refractivity (Wildman–Crippen MR) is 78.6 cm³/mol. The molecule has 3 amide bonds. The van der Waals surface area contributed by atoms with Gasteiger partial charge in [-0.15, -0.1) is 11.8 Å². The van der Waals surface area contributed by atoms with Crippen LogP contribution in [0.5, 0.6) is 0 Å². The summed E-state index contributed by atoms with van der Waals surface area (Å²) in [7, 11) is 0. The highest BCUT2D eigenvalue weighted by Crippen LogP contribution is 2.35. The molecule has 20 heavy (non-hydrogen) atoms. The summed E-state index contributed by atoms with van der Waals surface area (Å²) < 4.78 is 0. The Balaban J connectivity index is 1.58. The molecule has 3 rings (SSSR count). The molecule has 1 N–H and O–H groups in total. The SMILES string of the molecule is O=C1NC2(CCCC2)C(=O)N1CCSc1ccccc1. The number of nitrogens with zero attached hydrogens (tertiary/aromatic N) is 1. The van der Waals surface area contributed by atoms with Crippen LogP contribution in [0.2, 0.25) is 0 Å². The smallest absolute Gasteiger partial charge is 0.323 e. The van der Waals surface area contributed by atoms with Crippen LogP contribution in [-0.4, -0.2) is 34.7 Å². The second-order valence-corrected chi connectivity index (χ2v) is 6.51. The normalized spacial score (nSPS) is 20.7. The fraction of sp³-hybridized carbons (Fsp3) is 0.467. The molecule has 1 aliphatic carbocycles. The van der Waals surface area contributed by atoms with Crippen LogP contribution in [0.15, 0.2) is 35.2 Å². The third kappa shape index (κ3) is 2.42. The van der Waals surface area contributed by atoms with Gasteiger partial charge in [-0.1, -0.05) is 31.0 Å². The maximum atomic E-state index is 12.4. The minimum atomic E-state index is -0.575. The number of hydrogen-bond donors (Lipinski definition) is 1. The molecular formula is C15H18N2O2S. The van der Waals surface area contributed by atoms with Crippen molar-refractivity contribution in [2.45, 2.75) is 36.1 Å². The zero-order valence-corrected chi connectivity index (χ0v) is 12.1. The van der Waals surface area contributed by atoms with E-state index in [9.17, 15) is 9.59 Å². The van der Waals surface area contributed by atoms with Gasteiger partial charge in [0, 0.05) is 17.2 Å². The monoisotopic (exact) mass is 290 g/mol. The lowest BCUT2D eigenvalue weighted by Gasteiger charge is -2.19. The van der Waals surface area contributed by atoms with Gasteiger partial charge in [0.2, 0.25) is 0 Å². The maximum Gasteiger partial charge on any atom is 0.325 e. The van der Waals surface area contributed by atoms with Gasteiger partial charge in [-0.05, 0) is 25.0 Å². The molecule has 1 saturated heterocycles. The second-order valence-electron chi connectivity index (χ2n) is 5.34. The largest absolute Gasteiger partial charge is 0.325 e. The topological polar surface area (TPSA) is 49.4 Å². The van der Waals surface area contributed by atoms with E-state index in [0.29, 0.717) is 6.54 Å². The van der Waals surface area contributed by atoms with Crippen molar-refractivity contribution in [1.82, 2.24) is 10.2 Å². The number of carbonyl (C=O) groups excluding carboxylic acids is 2. The number of hydrogen-bond acceptors (Lipinski definition) is 3. The van der Waals surface area contributed by atoms with Crippen molar-refractivity contribution in [3.63, 3.8) is 0 Å². The van der Waals surface area contributed by atoms with Crippen LogP contribution in [-0.2, 0) is 4.79 Å². The molecule has 1 aromatic rings. The van der Waals surface area contributed by atoms with E-state index >= 15 is 0 Å². The first kappa shape index (κ1) is 13.5. The molecule has 1 aliphatic heterocycles. The van der Waals surface area contributed by atoms with Crippen LogP contribution in [0.25, 0.3) is 0 Å². The average molecular weight is 290 g/mol. The highest BCUT2D eigenvalue weighted by molar-refractivity contribution is 7.99. The number of nitrogens with one attached hydrogen (secondary N) is 1. The van der Waals surface area contributed by atoms with E-state index < -0.39 is 5.54 Å². The molecule has 0 atom stereocenters. The van der Waals surface area contributed by atoms with E-state index in [2.05, 4.69) is 5.32 Å². The van der Waals surface area contributed by atoms with Crippen molar-refractivity contribution in [1.29, 1.82) is 0 Å². The predicted octanol–water partition coefficient (Wildman–Crippen LogP) is 2.64. The second kappa shape index (κ2) is 5.48. The standard InChI is InChI=1S/C15H18N2O2S/c18-13-15(8-4-5-9-15)16-14(19)17(13)10-11-20-12-6-2-1-3-7-12/h1-3,6-7H,4-5,8-11H2,(H,16,19). The third-order valence-electron chi connectivity index (χ3n) is 4.03. The fourth-order valence-corrected chi connectivity index (χ4v) is 3.83. The van der Waals surface area contributed by atoms with Gasteiger partial charge in [0.1, 0.15) is 5.54 Å². The molecule has 0 unspecified atom stereocenters. The summed E-state index contributed by atoms with van der Waals surface area (Å²) in [5.41, 5.74) is -0.575.